The van der Waals surface area contributed by atoms with E-state index in [1.807, 2.05) is 31.2 Å². The van der Waals surface area contributed by atoms with Crippen LogP contribution in [0.2, 0.25) is 0 Å². The summed E-state index contributed by atoms with van der Waals surface area (Å²) in [5.41, 5.74) is 7.53. The van der Waals surface area contributed by atoms with Crippen LogP contribution >= 0.6 is 0 Å². The molecule has 1 unspecified atom stereocenters. The van der Waals surface area contributed by atoms with E-state index >= 15 is 0 Å². The summed E-state index contributed by atoms with van der Waals surface area (Å²) in [5, 5.41) is 2.88. The normalized spacial score (nSPS) is 12.1. The van der Waals surface area contributed by atoms with Gasteiger partial charge in [0.25, 0.3) is 0 Å². The topological polar surface area (TPSA) is 64.3 Å². The Morgan fingerprint density at radius 3 is 2.65 bits per heavy atom. The Morgan fingerprint density at radius 1 is 1.30 bits per heavy atom. The molecule has 0 aliphatic heterocycles. The highest BCUT2D eigenvalue weighted by atomic mass is 16.5. The lowest BCUT2D eigenvalue weighted by atomic mass is 9.97. The van der Waals surface area contributed by atoms with Gasteiger partial charge in [0.2, 0.25) is 5.91 Å². The molecule has 4 nitrogen and oxygen atoms in total. The van der Waals surface area contributed by atoms with Gasteiger partial charge in [-0.15, -0.1) is 0 Å². The summed E-state index contributed by atoms with van der Waals surface area (Å²) in [7, 11) is 0. The van der Waals surface area contributed by atoms with Crippen LogP contribution in [0, 0.1) is 0 Å². The summed E-state index contributed by atoms with van der Waals surface area (Å²) in [4.78, 5) is 11.8. The highest BCUT2D eigenvalue weighted by Gasteiger charge is 2.10. The van der Waals surface area contributed by atoms with Gasteiger partial charge >= 0.3 is 0 Å². The van der Waals surface area contributed by atoms with Crippen molar-refractivity contribution in [3.63, 3.8) is 0 Å². The van der Waals surface area contributed by atoms with Crippen molar-refractivity contribution in [2.45, 2.75) is 39.0 Å². The Labute approximate surface area is 121 Å². The van der Waals surface area contributed by atoms with E-state index < -0.39 is 0 Å². The number of anilines is 1. The minimum Gasteiger partial charge on any atom is -0.399 e. The van der Waals surface area contributed by atoms with Crippen molar-refractivity contribution in [3.8, 4) is 0 Å². The maximum absolute atomic E-state index is 11.8. The second kappa shape index (κ2) is 9.37. The third kappa shape index (κ3) is 6.57. The molecule has 1 atom stereocenters. The molecule has 1 amide bonds. The molecule has 4 heteroatoms. The average molecular weight is 278 g/mol. The van der Waals surface area contributed by atoms with E-state index in [0.717, 1.165) is 30.7 Å². The fourth-order valence-corrected chi connectivity index (χ4v) is 1.90. The summed E-state index contributed by atoms with van der Waals surface area (Å²) in [6, 6.07) is 7.68. The number of benzene rings is 1. The van der Waals surface area contributed by atoms with Gasteiger partial charge in [0, 0.05) is 25.3 Å². The van der Waals surface area contributed by atoms with Crippen molar-refractivity contribution in [2.75, 3.05) is 25.5 Å². The van der Waals surface area contributed by atoms with E-state index in [0.29, 0.717) is 19.6 Å². The smallest absolute Gasteiger partial charge is 0.220 e. The van der Waals surface area contributed by atoms with Gasteiger partial charge in [-0.25, -0.2) is 0 Å². The third-order valence-electron chi connectivity index (χ3n) is 3.21. The Bertz CT molecular complexity index is 390. The largest absolute Gasteiger partial charge is 0.399 e. The molecular formula is C16H26N2O2. The van der Waals surface area contributed by atoms with Crippen molar-refractivity contribution in [3.05, 3.63) is 29.8 Å². The zero-order chi connectivity index (χ0) is 14.8. The van der Waals surface area contributed by atoms with E-state index in [-0.39, 0.29) is 11.8 Å². The van der Waals surface area contributed by atoms with Gasteiger partial charge in [0.15, 0.2) is 0 Å². The van der Waals surface area contributed by atoms with Crippen LogP contribution in [-0.2, 0) is 9.53 Å². The summed E-state index contributed by atoms with van der Waals surface area (Å²) in [6.45, 7) is 6.11. The van der Waals surface area contributed by atoms with Crippen LogP contribution in [0.4, 0.5) is 5.69 Å². The van der Waals surface area contributed by atoms with Crippen LogP contribution in [0.15, 0.2) is 24.3 Å². The predicted molar refractivity (Wildman–Crippen MR) is 82.6 cm³/mol. The third-order valence-corrected chi connectivity index (χ3v) is 3.21. The fraction of sp³-hybridized carbons (Fsp3) is 0.562. The molecule has 0 saturated heterocycles. The van der Waals surface area contributed by atoms with Gasteiger partial charge in [0.05, 0.1) is 6.61 Å². The van der Waals surface area contributed by atoms with E-state index in [2.05, 4.69) is 12.2 Å². The van der Waals surface area contributed by atoms with Crippen LogP contribution in [0.1, 0.15) is 44.6 Å². The first kappa shape index (κ1) is 16.5. The molecule has 0 aliphatic carbocycles. The van der Waals surface area contributed by atoms with Gasteiger partial charge in [0.1, 0.15) is 0 Å². The summed E-state index contributed by atoms with van der Waals surface area (Å²) >= 11 is 0. The van der Waals surface area contributed by atoms with Crippen LogP contribution in [0.5, 0.6) is 0 Å². The zero-order valence-electron chi connectivity index (χ0n) is 12.5. The molecule has 1 aromatic carbocycles. The first-order valence-electron chi connectivity index (χ1n) is 7.33. The molecule has 3 N–H and O–H groups in total. The van der Waals surface area contributed by atoms with E-state index in [1.165, 1.54) is 0 Å². The second-order valence-corrected chi connectivity index (χ2v) is 5.09. The molecule has 112 valence electrons. The standard InChI is InChI=1S/C16H26N2O2/c1-3-4-10-20-11-9-18-16(19)12-13(2)14-5-7-15(17)8-6-14/h5-8,13H,3-4,9-12,17H2,1-2H3,(H,18,19). The van der Waals surface area contributed by atoms with Crippen LogP contribution < -0.4 is 11.1 Å². The molecule has 0 spiro atoms. The monoisotopic (exact) mass is 278 g/mol. The fourth-order valence-electron chi connectivity index (χ4n) is 1.90. The number of rotatable bonds is 9. The predicted octanol–water partition coefficient (Wildman–Crippen LogP) is 2.70. The van der Waals surface area contributed by atoms with Crippen molar-refractivity contribution >= 4 is 11.6 Å². The summed E-state index contributed by atoms with van der Waals surface area (Å²) in [6.07, 6.45) is 2.69. The second-order valence-electron chi connectivity index (χ2n) is 5.09. The highest BCUT2D eigenvalue weighted by Crippen LogP contribution is 2.19. The lowest BCUT2D eigenvalue weighted by Gasteiger charge is -2.12. The van der Waals surface area contributed by atoms with Gasteiger partial charge in [-0.05, 0) is 30.0 Å². The number of hydrogen-bond donors (Lipinski definition) is 2. The number of ether oxygens (including phenoxy) is 1. The number of carbonyl (C=O) groups excluding carboxylic acids is 1. The molecule has 1 aromatic rings. The number of nitrogens with one attached hydrogen (secondary N) is 1. The number of nitrogen functional groups attached to an aromatic ring is 1. The van der Waals surface area contributed by atoms with Crippen LogP contribution in [-0.4, -0.2) is 25.7 Å². The Hall–Kier alpha value is -1.55. The highest BCUT2D eigenvalue weighted by molar-refractivity contribution is 5.76. The zero-order valence-corrected chi connectivity index (χ0v) is 12.5. The van der Waals surface area contributed by atoms with Crippen molar-refractivity contribution in [1.82, 2.24) is 5.32 Å². The van der Waals surface area contributed by atoms with Crippen molar-refractivity contribution < 1.29 is 9.53 Å². The molecule has 0 saturated carbocycles. The molecule has 0 radical (unpaired) electrons. The van der Waals surface area contributed by atoms with E-state index in [1.54, 1.807) is 0 Å². The Morgan fingerprint density at radius 2 is 2.00 bits per heavy atom. The lowest BCUT2D eigenvalue weighted by molar-refractivity contribution is -0.121. The molecule has 0 aliphatic rings. The molecule has 20 heavy (non-hydrogen) atoms. The number of carbonyl (C=O) groups is 1. The molecule has 0 bridgehead atoms. The summed E-state index contributed by atoms with van der Waals surface area (Å²) < 4.78 is 5.40. The minimum atomic E-state index is 0.0633. The van der Waals surface area contributed by atoms with Gasteiger partial charge in [-0.2, -0.15) is 0 Å². The first-order chi connectivity index (χ1) is 9.63. The van der Waals surface area contributed by atoms with Crippen LogP contribution in [0.25, 0.3) is 0 Å². The van der Waals surface area contributed by atoms with Crippen LogP contribution in [0.3, 0.4) is 0 Å². The molecule has 0 heterocycles. The van der Waals surface area contributed by atoms with Gasteiger partial charge in [-0.3, -0.25) is 4.79 Å². The number of nitrogens with two attached hydrogens (primary N) is 1. The molecular weight excluding hydrogens is 252 g/mol. The number of hydrogen-bond acceptors (Lipinski definition) is 3. The van der Waals surface area contributed by atoms with Gasteiger partial charge < -0.3 is 15.8 Å². The minimum absolute atomic E-state index is 0.0633. The maximum atomic E-state index is 11.8. The maximum Gasteiger partial charge on any atom is 0.220 e. The molecule has 0 aromatic heterocycles. The van der Waals surface area contributed by atoms with E-state index in [4.69, 9.17) is 10.5 Å². The Balaban J connectivity index is 2.19. The summed E-state index contributed by atoms with van der Waals surface area (Å²) in [5.74, 6) is 0.255. The quantitative estimate of drug-likeness (QED) is 0.539. The van der Waals surface area contributed by atoms with Crippen molar-refractivity contribution in [2.24, 2.45) is 0 Å². The Kier molecular flexibility index (Phi) is 7.73. The molecule has 1 rings (SSSR count). The first-order valence-corrected chi connectivity index (χ1v) is 7.33. The molecule has 0 fully saturated rings. The van der Waals surface area contributed by atoms with Crippen molar-refractivity contribution in [1.29, 1.82) is 0 Å². The average Bonchev–Trinajstić information content (AvgIpc) is 2.43. The number of unbranched alkanes of at least 4 members (excludes halogenated alkanes) is 1. The van der Waals surface area contributed by atoms with E-state index in [9.17, 15) is 4.79 Å². The number of amides is 1. The SMILES string of the molecule is CCCCOCCNC(=O)CC(C)c1ccc(N)cc1. The lowest BCUT2D eigenvalue weighted by Crippen LogP contribution is -2.28. The van der Waals surface area contributed by atoms with Gasteiger partial charge in [-0.1, -0.05) is 32.4 Å².